The van der Waals surface area contributed by atoms with E-state index in [1.807, 2.05) is 66.7 Å². The van der Waals surface area contributed by atoms with E-state index in [9.17, 15) is 14.4 Å². The predicted octanol–water partition coefficient (Wildman–Crippen LogP) is 10.1. The maximum Gasteiger partial charge on any atom is 0.513 e. The van der Waals surface area contributed by atoms with Gasteiger partial charge in [0.1, 0.15) is 6.61 Å². The second-order valence-electron chi connectivity index (χ2n) is 14.1. The molecule has 0 unspecified atom stereocenters. The van der Waals surface area contributed by atoms with Crippen LogP contribution < -0.4 is 15.2 Å². The number of rotatable bonds is 9. The second-order valence-corrected chi connectivity index (χ2v) is 14.1. The van der Waals surface area contributed by atoms with Gasteiger partial charge in [-0.3, -0.25) is 0 Å². The predicted molar refractivity (Wildman–Crippen MR) is 234 cm³/mol. The number of nitrogens with two attached hydrogens (primary N) is 1. The fourth-order valence-corrected chi connectivity index (χ4v) is 7.93. The van der Waals surface area contributed by atoms with Crippen LogP contribution in [0.15, 0.2) is 97.1 Å². The average molecular weight is 804 g/mol. The number of aromatic amines is 4. The number of aromatic nitrogens is 4. The molecule has 13 heteroatoms. The largest absolute Gasteiger partial charge is 0.513 e. The molecule has 0 fully saturated rings. The second kappa shape index (κ2) is 15.7. The van der Waals surface area contributed by atoms with Crippen LogP contribution >= 0.6 is 0 Å². The first-order valence-electron chi connectivity index (χ1n) is 19.8. The number of fused-ring (bicyclic) bond motifs is 12. The number of hydrogen-bond donors (Lipinski definition) is 5. The Balaban J connectivity index is 0.000000159. The molecule has 6 N–H and O–H groups in total. The van der Waals surface area contributed by atoms with E-state index in [2.05, 4.69) is 38.1 Å². The number of ether oxygens (including phenoxy) is 5. The number of para-hydroxylation sites is 2. The normalized spacial score (nSPS) is 11.5. The van der Waals surface area contributed by atoms with Gasteiger partial charge in [-0.25, -0.2) is 14.4 Å². The Bertz CT molecular complexity index is 3100. The van der Waals surface area contributed by atoms with Crippen LogP contribution in [0.3, 0.4) is 0 Å². The summed E-state index contributed by atoms with van der Waals surface area (Å²) in [6.45, 7) is 6.88. The topological polar surface area (TPSA) is 187 Å². The zero-order valence-electron chi connectivity index (χ0n) is 33.1. The van der Waals surface area contributed by atoms with Gasteiger partial charge < -0.3 is 49.4 Å². The summed E-state index contributed by atoms with van der Waals surface area (Å²) >= 11 is 0. The Hall–Kier alpha value is -7.51. The van der Waals surface area contributed by atoms with Gasteiger partial charge in [0.25, 0.3) is 0 Å². The minimum absolute atomic E-state index is 0.261. The molecule has 0 bridgehead atoms. The summed E-state index contributed by atoms with van der Waals surface area (Å²) in [5.74, 6) is 0.361. The smallest absolute Gasteiger partial charge is 0.488 e. The van der Waals surface area contributed by atoms with Crippen molar-refractivity contribution >= 4 is 105 Å². The van der Waals surface area contributed by atoms with Crippen LogP contribution in [0.2, 0.25) is 0 Å². The standard InChI is InChI=1S/C26H25N3O5.C21H16N2O3/c1-3-32-25(30)14-5-7-20-16(11-14)18-13-19-17-12-15(26(31)33-4-2)6-8-21(17)29-23(19)24(22(18)28-20)34-10-9-27;1-2-25-21(24)26-20-18-14(12-7-3-5-9-16(12)22-18)11-15-13-8-4-6-10-17(13)23-19(15)20/h5-8,11-13,28-29H,3-4,9-10,27H2,1-2H3;3-11,22-23H,2H2,1H3. The number of H-pyrrole nitrogens is 4. The van der Waals surface area contributed by atoms with E-state index in [0.717, 1.165) is 87.2 Å². The lowest BCUT2D eigenvalue weighted by Gasteiger charge is -2.08. The Kier molecular flexibility index (Phi) is 9.94. The zero-order valence-corrected chi connectivity index (χ0v) is 33.1. The van der Waals surface area contributed by atoms with Crippen LogP contribution in [0.1, 0.15) is 41.5 Å². The van der Waals surface area contributed by atoms with Crippen LogP contribution in [0, 0.1) is 0 Å². The third-order valence-corrected chi connectivity index (χ3v) is 10.5. The fraction of sp³-hybridized carbons (Fsp3) is 0.170. The van der Waals surface area contributed by atoms with Gasteiger partial charge in [-0.15, -0.1) is 0 Å². The van der Waals surface area contributed by atoms with Gasteiger partial charge in [-0.1, -0.05) is 36.4 Å². The molecule has 6 aromatic carbocycles. The van der Waals surface area contributed by atoms with Gasteiger partial charge in [0.05, 0.1) is 53.0 Å². The van der Waals surface area contributed by atoms with E-state index in [1.165, 1.54) is 0 Å². The third kappa shape index (κ3) is 6.54. The number of carbonyl (C=O) groups excluding carboxylic acids is 3. The SMILES string of the molecule is CCOC(=O)Oc1c2[nH]c3ccccc3c2cc2c1[nH]c1ccccc12.CCOC(=O)c1ccc2[nH]c3c(OCCN)c4[nH]c5ccc(C(=O)OCC)cc5c4cc3c2c1. The highest BCUT2D eigenvalue weighted by molar-refractivity contribution is 6.23. The molecule has 4 heterocycles. The van der Waals surface area contributed by atoms with Gasteiger partial charge in [-0.2, -0.15) is 0 Å². The number of benzene rings is 6. The molecule has 4 aromatic heterocycles. The van der Waals surface area contributed by atoms with Crippen LogP contribution in [0.5, 0.6) is 11.5 Å². The maximum absolute atomic E-state index is 12.3. The highest BCUT2D eigenvalue weighted by atomic mass is 16.7. The summed E-state index contributed by atoms with van der Waals surface area (Å²) in [5, 5.41) is 7.72. The highest BCUT2D eigenvalue weighted by Gasteiger charge is 2.22. The first kappa shape index (κ1) is 38.0. The lowest BCUT2D eigenvalue weighted by Crippen LogP contribution is -2.11. The van der Waals surface area contributed by atoms with Crippen LogP contribution in [-0.2, 0) is 14.2 Å². The third-order valence-electron chi connectivity index (χ3n) is 10.5. The first-order valence-corrected chi connectivity index (χ1v) is 19.8. The van der Waals surface area contributed by atoms with Gasteiger partial charge >= 0.3 is 18.1 Å². The van der Waals surface area contributed by atoms with Crippen molar-refractivity contribution in [2.45, 2.75) is 20.8 Å². The minimum Gasteiger partial charge on any atom is -0.488 e. The Morgan fingerprint density at radius 1 is 0.483 bits per heavy atom. The summed E-state index contributed by atoms with van der Waals surface area (Å²) in [7, 11) is 0. The molecule has 0 amide bonds. The van der Waals surface area contributed by atoms with E-state index in [4.69, 9.17) is 29.4 Å². The zero-order chi connectivity index (χ0) is 41.5. The molecule has 10 aromatic rings. The molecular formula is C47H41N5O8. The monoisotopic (exact) mass is 803 g/mol. The molecule has 0 aliphatic rings. The Morgan fingerprint density at radius 3 is 1.35 bits per heavy atom. The van der Waals surface area contributed by atoms with Gasteiger partial charge in [0.2, 0.25) is 0 Å². The van der Waals surface area contributed by atoms with Crippen molar-refractivity contribution < 1.29 is 38.1 Å². The van der Waals surface area contributed by atoms with E-state index >= 15 is 0 Å². The molecule has 0 radical (unpaired) electrons. The van der Waals surface area contributed by atoms with Crippen molar-refractivity contribution in [3.05, 3.63) is 108 Å². The molecule has 0 aliphatic carbocycles. The average Bonchev–Trinajstić information content (AvgIpc) is 4.03. The van der Waals surface area contributed by atoms with Gasteiger partial charge in [0, 0.05) is 71.7 Å². The molecule has 60 heavy (non-hydrogen) atoms. The molecule has 0 spiro atoms. The molecule has 10 rings (SSSR count). The van der Waals surface area contributed by atoms with Gasteiger partial charge in [0.15, 0.2) is 11.5 Å². The van der Waals surface area contributed by atoms with Crippen molar-refractivity contribution in [2.24, 2.45) is 5.73 Å². The minimum atomic E-state index is -0.710. The molecule has 13 nitrogen and oxygen atoms in total. The van der Waals surface area contributed by atoms with Crippen molar-refractivity contribution in [1.82, 2.24) is 19.9 Å². The number of carbonyl (C=O) groups is 3. The van der Waals surface area contributed by atoms with E-state index < -0.39 is 6.16 Å². The van der Waals surface area contributed by atoms with Gasteiger partial charge in [-0.05, 0) is 81.4 Å². The van der Waals surface area contributed by atoms with E-state index in [-0.39, 0.29) is 18.5 Å². The molecular weight excluding hydrogens is 763 g/mol. The molecule has 0 saturated carbocycles. The van der Waals surface area contributed by atoms with Crippen LogP contribution in [0.25, 0.3) is 87.2 Å². The number of hydrogen-bond acceptors (Lipinski definition) is 9. The summed E-state index contributed by atoms with van der Waals surface area (Å²) in [5.41, 5.74) is 13.6. The quantitative estimate of drug-likeness (QED) is 0.0538. The van der Waals surface area contributed by atoms with E-state index in [1.54, 1.807) is 32.9 Å². The molecule has 0 saturated heterocycles. The van der Waals surface area contributed by atoms with Crippen LogP contribution in [0.4, 0.5) is 4.79 Å². The lowest BCUT2D eigenvalue weighted by molar-refractivity contribution is 0.0517. The summed E-state index contributed by atoms with van der Waals surface area (Å²) < 4.78 is 27.1. The summed E-state index contributed by atoms with van der Waals surface area (Å²) in [4.78, 5) is 50.3. The highest BCUT2D eigenvalue weighted by Crippen LogP contribution is 2.43. The summed E-state index contributed by atoms with van der Waals surface area (Å²) in [6, 6.07) is 31.1. The molecule has 0 aliphatic heterocycles. The van der Waals surface area contributed by atoms with Crippen LogP contribution in [-0.4, -0.2) is 71.0 Å². The maximum atomic E-state index is 12.3. The molecule has 0 atom stereocenters. The summed E-state index contributed by atoms with van der Waals surface area (Å²) in [6.07, 6.45) is -0.710. The number of nitrogens with one attached hydrogen (secondary N) is 4. The Morgan fingerprint density at radius 2 is 0.900 bits per heavy atom. The lowest BCUT2D eigenvalue weighted by atomic mass is 10.0. The fourth-order valence-electron chi connectivity index (χ4n) is 7.93. The van der Waals surface area contributed by atoms with Crippen molar-refractivity contribution in [3.63, 3.8) is 0 Å². The van der Waals surface area contributed by atoms with E-state index in [0.29, 0.717) is 49.0 Å². The number of esters is 2. The van der Waals surface area contributed by atoms with Crippen molar-refractivity contribution in [2.75, 3.05) is 33.0 Å². The Labute approximate surface area is 341 Å². The first-order chi connectivity index (χ1) is 29.3. The molecule has 302 valence electrons. The van der Waals surface area contributed by atoms with Crippen molar-refractivity contribution in [3.8, 4) is 11.5 Å². The van der Waals surface area contributed by atoms with Crippen molar-refractivity contribution in [1.29, 1.82) is 0 Å².